The Bertz CT molecular complexity index is 2020. The van der Waals surface area contributed by atoms with E-state index in [0.29, 0.717) is 27.6 Å². The molecule has 1 heterocycles. The van der Waals surface area contributed by atoms with E-state index in [0.717, 1.165) is 15.4 Å². The molecule has 5 aromatic rings. The minimum absolute atomic E-state index is 0.000606. The number of halogens is 1. The highest BCUT2D eigenvalue weighted by Gasteiger charge is 2.68. The molecule has 0 saturated heterocycles. The largest absolute Gasteiger partial charge is 0.480 e. The Morgan fingerprint density at radius 1 is 0.870 bits per heavy atom. The van der Waals surface area contributed by atoms with Crippen LogP contribution in [0.1, 0.15) is 33.8 Å². The summed E-state index contributed by atoms with van der Waals surface area (Å²) in [6.07, 6.45) is 3.16. The molecule has 0 aliphatic heterocycles. The lowest BCUT2D eigenvalue weighted by Gasteiger charge is -2.30. The van der Waals surface area contributed by atoms with Crippen LogP contribution in [0.4, 0.5) is 0 Å². The third-order valence-corrected chi connectivity index (χ3v) is 10.2. The molecule has 2 atom stereocenters. The van der Waals surface area contributed by atoms with Gasteiger partial charge in [0.05, 0.1) is 16.7 Å². The van der Waals surface area contributed by atoms with E-state index in [9.17, 15) is 28.2 Å². The Labute approximate surface area is 270 Å². The van der Waals surface area contributed by atoms with Crippen molar-refractivity contribution >= 4 is 33.6 Å². The molecule has 6 rings (SSSR count). The number of pyridine rings is 1. The molecular weight excluding hydrogens is 628 g/mol. The molecule has 46 heavy (non-hydrogen) atoms. The second-order valence-corrected chi connectivity index (χ2v) is 13.2. The summed E-state index contributed by atoms with van der Waals surface area (Å²) in [5.74, 6) is -2.28. The first-order chi connectivity index (χ1) is 22.1. The number of aliphatic carboxylic acids is 1. The lowest BCUT2D eigenvalue weighted by molar-refractivity contribution is -0.143. The lowest BCUT2D eigenvalue weighted by Crippen LogP contribution is -2.48. The van der Waals surface area contributed by atoms with Gasteiger partial charge in [-0.25, -0.2) is 13.2 Å². The number of nitrogens with zero attached hydrogens (tertiary/aromatic N) is 2. The van der Waals surface area contributed by atoms with Crippen LogP contribution in [-0.4, -0.2) is 45.4 Å². The highest BCUT2D eigenvalue weighted by molar-refractivity contribution is 7.89. The van der Waals surface area contributed by atoms with Gasteiger partial charge in [0, 0.05) is 23.7 Å². The highest BCUT2D eigenvalue weighted by atomic mass is 35.5. The molecule has 11 heteroatoms. The third-order valence-electron chi connectivity index (χ3n) is 8.00. The van der Waals surface area contributed by atoms with E-state index < -0.39 is 33.4 Å². The summed E-state index contributed by atoms with van der Waals surface area (Å²) in [6, 6.07) is 29.4. The van der Waals surface area contributed by atoms with Gasteiger partial charge < -0.3 is 14.9 Å². The Hall–Kier alpha value is -5.03. The maximum Gasteiger partial charge on any atom is 0.335 e. The quantitative estimate of drug-likeness (QED) is 0.154. The van der Waals surface area contributed by atoms with Crippen LogP contribution in [0.15, 0.2) is 126 Å². The van der Waals surface area contributed by atoms with E-state index in [4.69, 9.17) is 16.3 Å². The summed E-state index contributed by atoms with van der Waals surface area (Å²) >= 11 is 6.01. The summed E-state index contributed by atoms with van der Waals surface area (Å²) in [6.45, 7) is -0.364. The van der Waals surface area contributed by atoms with Gasteiger partial charge in [-0.2, -0.15) is 4.31 Å². The van der Waals surface area contributed by atoms with Gasteiger partial charge in [-0.1, -0.05) is 60.1 Å². The van der Waals surface area contributed by atoms with Gasteiger partial charge in [-0.05, 0) is 89.3 Å². The Kier molecular flexibility index (Phi) is 8.35. The third kappa shape index (κ3) is 6.10. The van der Waals surface area contributed by atoms with Crippen molar-refractivity contribution in [2.45, 2.75) is 29.3 Å². The van der Waals surface area contributed by atoms with Crippen molar-refractivity contribution in [1.82, 2.24) is 9.29 Å². The van der Waals surface area contributed by atoms with Gasteiger partial charge in [0.1, 0.15) is 17.0 Å². The summed E-state index contributed by atoms with van der Waals surface area (Å²) in [5, 5.41) is 20.8. The Morgan fingerprint density at radius 2 is 1.54 bits per heavy atom. The SMILES string of the molecule is O=C(O)c1cccc(CN(C2(C(=O)O)CC2c2cccc(Oc3cccnc3)c2)S(=O)(=O)c2ccc(-c3ccc(Cl)cc3)cc2)c1. The van der Waals surface area contributed by atoms with E-state index in [2.05, 4.69) is 4.98 Å². The molecule has 9 nitrogen and oxygen atoms in total. The minimum atomic E-state index is -4.43. The molecule has 232 valence electrons. The second kappa shape index (κ2) is 12.4. The van der Waals surface area contributed by atoms with Gasteiger partial charge in [-0.3, -0.25) is 9.78 Å². The lowest BCUT2D eigenvalue weighted by atomic mass is 10.0. The fourth-order valence-corrected chi connectivity index (χ4v) is 7.49. The molecule has 1 aliphatic rings. The first-order valence-corrected chi connectivity index (χ1v) is 16.0. The molecule has 1 fully saturated rings. The van der Waals surface area contributed by atoms with Gasteiger partial charge in [0.15, 0.2) is 0 Å². The topological polar surface area (TPSA) is 134 Å². The number of carbonyl (C=O) groups is 2. The molecule has 1 aromatic heterocycles. The van der Waals surface area contributed by atoms with E-state index in [-0.39, 0.29) is 23.4 Å². The molecule has 4 aromatic carbocycles. The molecule has 1 aliphatic carbocycles. The van der Waals surface area contributed by atoms with Crippen molar-refractivity contribution in [1.29, 1.82) is 0 Å². The van der Waals surface area contributed by atoms with Crippen LogP contribution in [0.25, 0.3) is 11.1 Å². The van der Waals surface area contributed by atoms with Crippen molar-refractivity contribution in [2.75, 3.05) is 0 Å². The predicted octanol–water partition coefficient (Wildman–Crippen LogP) is 7.09. The molecule has 2 unspecified atom stereocenters. The predicted molar refractivity (Wildman–Crippen MR) is 171 cm³/mol. The second-order valence-electron chi connectivity index (χ2n) is 10.9. The molecule has 2 N–H and O–H groups in total. The fraction of sp³-hybridized carbons (Fsp3) is 0.114. The van der Waals surface area contributed by atoms with Crippen LogP contribution in [0.2, 0.25) is 5.02 Å². The molecule has 0 amide bonds. The van der Waals surface area contributed by atoms with E-state index in [1.165, 1.54) is 30.3 Å². The number of aromatic carboxylic acids is 1. The number of sulfonamides is 1. The number of rotatable bonds is 11. The molecule has 0 radical (unpaired) electrons. The van der Waals surface area contributed by atoms with Crippen molar-refractivity contribution in [3.05, 3.63) is 143 Å². The number of carboxylic acid groups (broad SMARTS) is 2. The summed E-state index contributed by atoms with van der Waals surface area (Å²) in [5.41, 5.74) is 0.605. The van der Waals surface area contributed by atoms with Gasteiger partial charge in [0.2, 0.25) is 10.0 Å². The zero-order valence-electron chi connectivity index (χ0n) is 24.2. The summed E-state index contributed by atoms with van der Waals surface area (Å²) in [7, 11) is -4.43. The van der Waals surface area contributed by atoms with E-state index in [1.54, 1.807) is 79.1 Å². The number of hydrogen-bond acceptors (Lipinski definition) is 6. The summed E-state index contributed by atoms with van der Waals surface area (Å²) < 4.78 is 35.7. The highest BCUT2D eigenvalue weighted by Crippen LogP contribution is 2.58. The number of hydrogen-bond donors (Lipinski definition) is 2. The maximum absolute atomic E-state index is 14.4. The zero-order valence-corrected chi connectivity index (χ0v) is 25.7. The van der Waals surface area contributed by atoms with Gasteiger partial charge >= 0.3 is 11.9 Å². The molecule has 0 bridgehead atoms. The molecule has 1 saturated carbocycles. The normalized spacial score (nSPS) is 17.4. The van der Waals surface area contributed by atoms with Crippen molar-refractivity contribution in [3.63, 3.8) is 0 Å². The zero-order chi connectivity index (χ0) is 32.5. The van der Waals surface area contributed by atoms with E-state index >= 15 is 0 Å². The van der Waals surface area contributed by atoms with Gasteiger partial charge in [-0.15, -0.1) is 0 Å². The van der Waals surface area contributed by atoms with Crippen molar-refractivity contribution < 1.29 is 33.0 Å². The fourth-order valence-electron chi connectivity index (χ4n) is 5.60. The number of ether oxygens (including phenoxy) is 1. The average Bonchev–Trinajstić information content (AvgIpc) is 3.82. The monoisotopic (exact) mass is 654 g/mol. The van der Waals surface area contributed by atoms with E-state index in [1.807, 2.05) is 12.1 Å². The number of carboxylic acids is 2. The summed E-state index contributed by atoms with van der Waals surface area (Å²) in [4.78, 5) is 28.8. The smallest absolute Gasteiger partial charge is 0.335 e. The van der Waals surface area contributed by atoms with Crippen molar-refractivity contribution in [2.24, 2.45) is 0 Å². The first kappa shape index (κ1) is 31.0. The van der Waals surface area contributed by atoms with Crippen LogP contribution in [0.3, 0.4) is 0 Å². The van der Waals surface area contributed by atoms with Crippen LogP contribution in [0.5, 0.6) is 11.5 Å². The van der Waals surface area contributed by atoms with Gasteiger partial charge in [0.25, 0.3) is 0 Å². The average molecular weight is 655 g/mol. The first-order valence-electron chi connectivity index (χ1n) is 14.2. The van der Waals surface area contributed by atoms with Crippen LogP contribution < -0.4 is 4.74 Å². The number of aromatic nitrogens is 1. The van der Waals surface area contributed by atoms with Crippen LogP contribution >= 0.6 is 11.6 Å². The van der Waals surface area contributed by atoms with Crippen LogP contribution in [-0.2, 0) is 21.4 Å². The number of benzene rings is 4. The minimum Gasteiger partial charge on any atom is -0.480 e. The molecule has 0 spiro atoms. The maximum atomic E-state index is 14.4. The standard InChI is InChI=1S/C35H27ClN2O7S/c36-28-13-9-24(10-14-28)25-11-15-31(16-12-25)46(43,44)38(22-23-4-1-6-27(18-23)33(39)40)35(34(41)42)20-32(35)26-5-2-7-29(19-26)45-30-8-3-17-37-21-30/h1-19,21,32H,20,22H2,(H,39,40)(H,41,42). The van der Waals surface area contributed by atoms with Crippen LogP contribution in [0, 0.1) is 0 Å². The Morgan fingerprint density at radius 3 is 2.20 bits per heavy atom. The molecular formula is C35H27ClN2O7S. The van der Waals surface area contributed by atoms with Crippen molar-refractivity contribution in [3.8, 4) is 22.6 Å². The Balaban J connectivity index is 1.39.